The van der Waals surface area contributed by atoms with Gasteiger partial charge in [0.15, 0.2) is 5.96 Å². The summed E-state index contributed by atoms with van der Waals surface area (Å²) < 4.78 is 5.36. The molecule has 1 amide bonds. The van der Waals surface area contributed by atoms with Gasteiger partial charge in [-0.3, -0.25) is 10.1 Å². The summed E-state index contributed by atoms with van der Waals surface area (Å²) in [6.45, 7) is 8.04. The number of guanidine groups is 1. The summed E-state index contributed by atoms with van der Waals surface area (Å²) in [6, 6.07) is 6.21. The molecule has 0 aliphatic carbocycles. The Hall–Kier alpha value is -2.84. The van der Waals surface area contributed by atoms with Crippen LogP contribution in [0.4, 0.5) is 10.5 Å². The van der Waals surface area contributed by atoms with Gasteiger partial charge in [-0.05, 0) is 26.3 Å². The van der Waals surface area contributed by atoms with Gasteiger partial charge in [-0.1, -0.05) is 12.1 Å². The molecule has 0 spiro atoms. The van der Waals surface area contributed by atoms with Crippen molar-refractivity contribution in [3.8, 4) is 0 Å². The predicted octanol–water partition coefficient (Wildman–Crippen LogP) is 1.96. The molecule has 2 N–H and O–H groups in total. The number of hydrogen-bond acceptors (Lipinski definition) is 5. The first-order valence-electron chi connectivity index (χ1n) is 8.42. The number of carbonyl (C=O) groups excluding carboxylic acids is 1. The van der Waals surface area contributed by atoms with Crippen LogP contribution in [0, 0.1) is 10.1 Å². The first-order chi connectivity index (χ1) is 12.2. The van der Waals surface area contributed by atoms with E-state index < -0.39 is 10.5 Å². The third-order valence-corrected chi connectivity index (χ3v) is 3.83. The number of piperazine rings is 1. The Morgan fingerprint density at radius 2 is 1.73 bits per heavy atom. The van der Waals surface area contributed by atoms with Crippen molar-refractivity contribution in [2.24, 2.45) is 10.7 Å². The van der Waals surface area contributed by atoms with E-state index in [2.05, 4.69) is 4.99 Å². The van der Waals surface area contributed by atoms with Crippen molar-refractivity contribution >= 4 is 17.7 Å². The number of benzene rings is 1. The fourth-order valence-corrected chi connectivity index (χ4v) is 2.44. The van der Waals surface area contributed by atoms with E-state index in [-0.39, 0.29) is 11.8 Å². The van der Waals surface area contributed by atoms with Gasteiger partial charge in [-0.25, -0.2) is 9.79 Å². The lowest BCUT2D eigenvalue weighted by Gasteiger charge is -2.36. The highest BCUT2D eigenvalue weighted by Crippen LogP contribution is 2.14. The number of amides is 1. The summed E-state index contributed by atoms with van der Waals surface area (Å²) in [5.74, 6) is 0.396. The molecule has 0 unspecified atom stereocenters. The zero-order chi connectivity index (χ0) is 19.3. The number of nitro groups is 1. The SMILES string of the molecule is CC(C)(C)OC(=O)N1CCN(C(N)=NCc2ccc([N+](=O)[O-])cc2)CC1. The van der Waals surface area contributed by atoms with Gasteiger partial charge < -0.3 is 20.3 Å². The highest BCUT2D eigenvalue weighted by atomic mass is 16.6. The highest BCUT2D eigenvalue weighted by molar-refractivity contribution is 5.78. The van der Waals surface area contributed by atoms with E-state index in [9.17, 15) is 14.9 Å². The Morgan fingerprint density at radius 1 is 1.19 bits per heavy atom. The molecule has 0 atom stereocenters. The van der Waals surface area contributed by atoms with Gasteiger partial charge in [-0.2, -0.15) is 0 Å². The van der Waals surface area contributed by atoms with Crippen LogP contribution in [0.15, 0.2) is 29.3 Å². The maximum atomic E-state index is 12.1. The third kappa shape index (κ3) is 5.61. The monoisotopic (exact) mass is 363 g/mol. The lowest BCUT2D eigenvalue weighted by Crippen LogP contribution is -2.53. The van der Waals surface area contributed by atoms with Crippen LogP contribution in [0.25, 0.3) is 0 Å². The number of nitrogens with zero attached hydrogens (tertiary/aromatic N) is 4. The Balaban J connectivity index is 1.85. The Bertz CT molecular complexity index is 673. The lowest BCUT2D eigenvalue weighted by molar-refractivity contribution is -0.384. The summed E-state index contributed by atoms with van der Waals surface area (Å²) >= 11 is 0. The standard InChI is InChI=1S/C17H25N5O4/c1-17(2,3)26-16(23)21-10-8-20(9-11-21)15(18)19-12-13-4-6-14(7-5-13)22(24)25/h4-7H,8-12H2,1-3H3,(H2,18,19). The van der Waals surface area contributed by atoms with E-state index in [0.717, 1.165) is 5.56 Å². The van der Waals surface area contributed by atoms with Crippen LogP contribution in [-0.4, -0.2) is 58.6 Å². The van der Waals surface area contributed by atoms with E-state index in [1.54, 1.807) is 17.0 Å². The predicted molar refractivity (Wildman–Crippen MR) is 97.8 cm³/mol. The molecule has 1 aliphatic rings. The Kier molecular flexibility index (Phi) is 6.01. The molecule has 1 heterocycles. The van der Waals surface area contributed by atoms with Gasteiger partial charge >= 0.3 is 6.09 Å². The topological polar surface area (TPSA) is 114 Å². The zero-order valence-corrected chi connectivity index (χ0v) is 15.3. The second-order valence-electron chi connectivity index (χ2n) is 7.05. The summed E-state index contributed by atoms with van der Waals surface area (Å²) in [7, 11) is 0. The third-order valence-electron chi connectivity index (χ3n) is 3.83. The normalized spacial score (nSPS) is 15.7. The van der Waals surface area contributed by atoms with Crippen molar-refractivity contribution in [1.29, 1.82) is 0 Å². The van der Waals surface area contributed by atoms with Crippen LogP contribution >= 0.6 is 0 Å². The van der Waals surface area contributed by atoms with Crippen LogP contribution in [-0.2, 0) is 11.3 Å². The average Bonchev–Trinajstić information content (AvgIpc) is 2.58. The molecule has 0 bridgehead atoms. The van der Waals surface area contributed by atoms with E-state index in [0.29, 0.717) is 38.7 Å². The Labute approximate surface area is 152 Å². The molecule has 1 fully saturated rings. The number of carbonyl (C=O) groups is 1. The summed E-state index contributed by atoms with van der Waals surface area (Å²) in [6.07, 6.45) is -0.321. The van der Waals surface area contributed by atoms with E-state index >= 15 is 0 Å². The van der Waals surface area contributed by atoms with Crippen molar-refractivity contribution < 1.29 is 14.5 Å². The second kappa shape index (κ2) is 8.03. The van der Waals surface area contributed by atoms with Crippen LogP contribution < -0.4 is 5.73 Å². The van der Waals surface area contributed by atoms with Crippen molar-refractivity contribution in [3.05, 3.63) is 39.9 Å². The molecule has 26 heavy (non-hydrogen) atoms. The molecular formula is C17H25N5O4. The number of ether oxygens (including phenoxy) is 1. The summed E-state index contributed by atoms with van der Waals surface area (Å²) in [5.41, 5.74) is 6.40. The molecule has 0 saturated carbocycles. The number of nitro benzene ring substituents is 1. The zero-order valence-electron chi connectivity index (χ0n) is 15.3. The highest BCUT2D eigenvalue weighted by Gasteiger charge is 2.26. The van der Waals surface area contributed by atoms with Crippen molar-refractivity contribution in [3.63, 3.8) is 0 Å². The molecule has 9 heteroatoms. The van der Waals surface area contributed by atoms with Gasteiger partial charge in [0.2, 0.25) is 0 Å². The number of non-ortho nitro benzene ring substituents is 1. The number of nitrogens with two attached hydrogens (primary N) is 1. The van der Waals surface area contributed by atoms with Crippen LogP contribution in [0.2, 0.25) is 0 Å². The van der Waals surface area contributed by atoms with Crippen molar-refractivity contribution in [2.45, 2.75) is 32.9 Å². The molecule has 1 aromatic rings. The van der Waals surface area contributed by atoms with Gasteiger partial charge in [-0.15, -0.1) is 0 Å². The maximum Gasteiger partial charge on any atom is 0.410 e. The lowest BCUT2D eigenvalue weighted by atomic mass is 10.2. The first kappa shape index (κ1) is 19.5. The van der Waals surface area contributed by atoms with E-state index in [4.69, 9.17) is 10.5 Å². The van der Waals surface area contributed by atoms with Gasteiger partial charge in [0, 0.05) is 38.3 Å². The molecule has 0 aromatic heterocycles. The molecule has 1 aliphatic heterocycles. The van der Waals surface area contributed by atoms with Crippen LogP contribution in [0.1, 0.15) is 26.3 Å². The number of hydrogen-bond donors (Lipinski definition) is 1. The minimum Gasteiger partial charge on any atom is -0.444 e. The number of rotatable bonds is 3. The van der Waals surface area contributed by atoms with Crippen molar-refractivity contribution in [2.75, 3.05) is 26.2 Å². The fraction of sp³-hybridized carbons (Fsp3) is 0.529. The van der Waals surface area contributed by atoms with E-state index in [1.165, 1.54) is 12.1 Å². The van der Waals surface area contributed by atoms with Gasteiger partial charge in [0.05, 0.1) is 11.5 Å². The molecular weight excluding hydrogens is 338 g/mol. The molecule has 1 saturated heterocycles. The minimum absolute atomic E-state index is 0.0453. The summed E-state index contributed by atoms with van der Waals surface area (Å²) in [5, 5.41) is 10.7. The van der Waals surface area contributed by atoms with Crippen LogP contribution in [0.5, 0.6) is 0 Å². The molecule has 0 radical (unpaired) electrons. The first-order valence-corrected chi connectivity index (χ1v) is 8.42. The quantitative estimate of drug-likeness (QED) is 0.380. The van der Waals surface area contributed by atoms with Gasteiger partial charge in [0.1, 0.15) is 5.60 Å². The Morgan fingerprint density at radius 3 is 2.23 bits per heavy atom. The van der Waals surface area contributed by atoms with Gasteiger partial charge in [0.25, 0.3) is 5.69 Å². The largest absolute Gasteiger partial charge is 0.444 e. The second-order valence-corrected chi connectivity index (χ2v) is 7.05. The average molecular weight is 363 g/mol. The molecule has 2 rings (SSSR count). The number of aliphatic imine (C=N–C) groups is 1. The minimum atomic E-state index is -0.514. The van der Waals surface area contributed by atoms with E-state index in [1.807, 2.05) is 25.7 Å². The smallest absolute Gasteiger partial charge is 0.410 e. The molecule has 1 aromatic carbocycles. The fourth-order valence-electron chi connectivity index (χ4n) is 2.44. The van der Waals surface area contributed by atoms with Crippen LogP contribution in [0.3, 0.4) is 0 Å². The van der Waals surface area contributed by atoms with Crippen molar-refractivity contribution in [1.82, 2.24) is 9.80 Å². The summed E-state index contributed by atoms with van der Waals surface area (Å²) in [4.78, 5) is 30.2. The maximum absolute atomic E-state index is 12.1. The molecule has 142 valence electrons. The molecule has 9 nitrogen and oxygen atoms in total.